The maximum Gasteiger partial charge on any atom is 0.303 e. The van der Waals surface area contributed by atoms with Crippen LogP contribution in [0.15, 0.2) is 0 Å². The Kier molecular flexibility index (Phi) is 4.12. The molecule has 0 amide bonds. The summed E-state index contributed by atoms with van der Waals surface area (Å²) in [7, 11) is 0. The third-order valence-corrected chi connectivity index (χ3v) is 2.66. The van der Waals surface area contributed by atoms with Gasteiger partial charge in [-0.3, -0.25) is 9.59 Å². The van der Waals surface area contributed by atoms with Gasteiger partial charge in [0, 0.05) is 13.8 Å². The molecule has 1 rings (SSSR count). The third-order valence-electron chi connectivity index (χ3n) is 2.66. The fraction of sp³-hybridized carbons (Fsp3) is 0.818. The second-order valence-electron chi connectivity index (χ2n) is 4.12. The number of rotatable bonds is 3. The van der Waals surface area contributed by atoms with E-state index in [2.05, 4.69) is 0 Å². The fourth-order valence-electron chi connectivity index (χ4n) is 2.01. The smallest absolute Gasteiger partial charge is 0.303 e. The molecule has 1 saturated carbocycles. The van der Waals surface area contributed by atoms with E-state index in [-0.39, 0.29) is 18.5 Å². The quantitative estimate of drug-likeness (QED) is 0.672. The zero-order valence-corrected chi connectivity index (χ0v) is 9.38. The number of hydrogen-bond acceptors (Lipinski definition) is 4. The highest BCUT2D eigenvalue weighted by Gasteiger charge is 2.36. The van der Waals surface area contributed by atoms with E-state index < -0.39 is 5.60 Å². The summed E-state index contributed by atoms with van der Waals surface area (Å²) in [5.41, 5.74) is -0.560. The molecule has 0 aliphatic heterocycles. The van der Waals surface area contributed by atoms with Gasteiger partial charge in [0.05, 0.1) is 0 Å². The highest BCUT2D eigenvalue weighted by atomic mass is 16.6. The monoisotopic (exact) mass is 214 g/mol. The summed E-state index contributed by atoms with van der Waals surface area (Å²) in [6, 6.07) is 0. The minimum absolute atomic E-state index is 0.196. The molecular formula is C11H18O4. The summed E-state index contributed by atoms with van der Waals surface area (Å²) in [6.07, 6.45) is 4.78. The van der Waals surface area contributed by atoms with Crippen molar-refractivity contribution in [1.82, 2.24) is 0 Å². The first-order valence-electron chi connectivity index (χ1n) is 5.37. The molecule has 0 unspecified atom stereocenters. The SMILES string of the molecule is CC(=O)OCC1(OC(C)=O)CCCCC1. The Morgan fingerprint density at radius 3 is 2.13 bits per heavy atom. The number of carbonyl (C=O) groups excluding carboxylic acids is 2. The molecule has 0 atom stereocenters. The maximum absolute atomic E-state index is 11.0. The first kappa shape index (κ1) is 12.0. The van der Waals surface area contributed by atoms with Gasteiger partial charge in [0.2, 0.25) is 0 Å². The highest BCUT2D eigenvalue weighted by molar-refractivity contribution is 5.67. The Bertz CT molecular complexity index is 241. The Morgan fingerprint density at radius 1 is 1.07 bits per heavy atom. The van der Waals surface area contributed by atoms with Crippen molar-refractivity contribution in [1.29, 1.82) is 0 Å². The molecule has 0 aromatic carbocycles. The van der Waals surface area contributed by atoms with Gasteiger partial charge in [-0.2, -0.15) is 0 Å². The molecular weight excluding hydrogens is 196 g/mol. The van der Waals surface area contributed by atoms with Crippen LogP contribution in [0.4, 0.5) is 0 Å². The Labute approximate surface area is 89.9 Å². The minimum atomic E-state index is -0.560. The summed E-state index contributed by atoms with van der Waals surface area (Å²) in [5.74, 6) is -0.629. The van der Waals surface area contributed by atoms with E-state index in [9.17, 15) is 9.59 Å². The van der Waals surface area contributed by atoms with E-state index in [1.807, 2.05) is 0 Å². The van der Waals surface area contributed by atoms with Gasteiger partial charge in [0.15, 0.2) is 0 Å². The van der Waals surface area contributed by atoms with Gasteiger partial charge in [0.1, 0.15) is 12.2 Å². The van der Waals surface area contributed by atoms with Crippen LogP contribution in [-0.2, 0) is 19.1 Å². The van der Waals surface area contributed by atoms with E-state index >= 15 is 0 Å². The first-order chi connectivity index (χ1) is 7.04. The molecule has 0 heterocycles. The maximum atomic E-state index is 11.0. The lowest BCUT2D eigenvalue weighted by Gasteiger charge is -2.35. The van der Waals surface area contributed by atoms with Gasteiger partial charge < -0.3 is 9.47 Å². The number of ether oxygens (including phenoxy) is 2. The van der Waals surface area contributed by atoms with Crippen molar-refractivity contribution in [3.05, 3.63) is 0 Å². The van der Waals surface area contributed by atoms with Crippen molar-refractivity contribution < 1.29 is 19.1 Å². The van der Waals surface area contributed by atoms with Gasteiger partial charge >= 0.3 is 11.9 Å². The summed E-state index contributed by atoms with van der Waals surface area (Å²) in [4.78, 5) is 21.8. The van der Waals surface area contributed by atoms with E-state index in [0.717, 1.165) is 32.1 Å². The van der Waals surface area contributed by atoms with Crippen molar-refractivity contribution in [3.63, 3.8) is 0 Å². The van der Waals surface area contributed by atoms with Gasteiger partial charge in [-0.05, 0) is 25.7 Å². The topological polar surface area (TPSA) is 52.6 Å². The van der Waals surface area contributed by atoms with Gasteiger partial charge in [-0.25, -0.2) is 0 Å². The molecule has 1 aliphatic carbocycles. The van der Waals surface area contributed by atoms with E-state index in [1.54, 1.807) is 0 Å². The van der Waals surface area contributed by atoms with Gasteiger partial charge in [-0.1, -0.05) is 6.42 Å². The summed E-state index contributed by atoms with van der Waals surface area (Å²) in [6.45, 7) is 2.95. The third kappa shape index (κ3) is 3.90. The molecule has 0 radical (unpaired) electrons. The average Bonchev–Trinajstić information content (AvgIpc) is 2.15. The first-order valence-corrected chi connectivity index (χ1v) is 5.37. The van der Waals surface area contributed by atoms with Crippen LogP contribution in [0, 0.1) is 0 Å². The molecule has 0 spiro atoms. The molecule has 0 N–H and O–H groups in total. The standard InChI is InChI=1S/C11H18O4/c1-9(12)14-8-11(15-10(2)13)6-4-3-5-7-11/h3-8H2,1-2H3. The molecule has 15 heavy (non-hydrogen) atoms. The van der Waals surface area contributed by atoms with Crippen LogP contribution in [0.25, 0.3) is 0 Å². The normalized spacial score (nSPS) is 19.3. The van der Waals surface area contributed by atoms with E-state index in [1.165, 1.54) is 13.8 Å². The van der Waals surface area contributed by atoms with Crippen LogP contribution in [-0.4, -0.2) is 24.1 Å². The summed E-state index contributed by atoms with van der Waals surface area (Å²) >= 11 is 0. The largest absolute Gasteiger partial charge is 0.462 e. The lowest BCUT2D eigenvalue weighted by Crippen LogP contribution is -2.41. The molecule has 0 aromatic heterocycles. The lowest BCUT2D eigenvalue weighted by atomic mass is 9.85. The second kappa shape index (κ2) is 5.14. The predicted molar refractivity (Wildman–Crippen MR) is 54.2 cm³/mol. The van der Waals surface area contributed by atoms with Gasteiger partial charge in [0.25, 0.3) is 0 Å². The number of carbonyl (C=O) groups is 2. The van der Waals surface area contributed by atoms with Crippen LogP contribution < -0.4 is 0 Å². The van der Waals surface area contributed by atoms with Crippen molar-refractivity contribution in [2.45, 2.75) is 51.6 Å². The van der Waals surface area contributed by atoms with Crippen LogP contribution in [0.1, 0.15) is 46.0 Å². The number of esters is 2. The fourth-order valence-corrected chi connectivity index (χ4v) is 2.01. The zero-order valence-electron chi connectivity index (χ0n) is 9.38. The van der Waals surface area contributed by atoms with Crippen molar-refractivity contribution >= 4 is 11.9 Å². The summed E-state index contributed by atoms with van der Waals surface area (Å²) in [5, 5.41) is 0. The predicted octanol–water partition coefficient (Wildman–Crippen LogP) is 1.82. The molecule has 4 nitrogen and oxygen atoms in total. The summed E-state index contributed by atoms with van der Waals surface area (Å²) < 4.78 is 10.3. The lowest BCUT2D eigenvalue weighted by molar-refractivity contribution is -0.174. The Balaban J connectivity index is 2.57. The Morgan fingerprint density at radius 2 is 1.67 bits per heavy atom. The average molecular weight is 214 g/mol. The van der Waals surface area contributed by atoms with Crippen LogP contribution in [0.3, 0.4) is 0 Å². The van der Waals surface area contributed by atoms with Gasteiger partial charge in [-0.15, -0.1) is 0 Å². The molecule has 0 aromatic rings. The molecule has 0 saturated heterocycles. The molecule has 1 fully saturated rings. The van der Waals surface area contributed by atoms with Crippen molar-refractivity contribution in [2.75, 3.05) is 6.61 Å². The van der Waals surface area contributed by atoms with E-state index in [4.69, 9.17) is 9.47 Å². The molecule has 86 valence electrons. The Hall–Kier alpha value is -1.06. The molecule has 4 heteroatoms. The minimum Gasteiger partial charge on any atom is -0.462 e. The van der Waals surface area contributed by atoms with Crippen molar-refractivity contribution in [2.24, 2.45) is 0 Å². The number of hydrogen-bond donors (Lipinski definition) is 0. The van der Waals surface area contributed by atoms with Crippen LogP contribution in [0.5, 0.6) is 0 Å². The molecule has 1 aliphatic rings. The second-order valence-corrected chi connectivity index (χ2v) is 4.12. The van der Waals surface area contributed by atoms with Crippen LogP contribution >= 0.6 is 0 Å². The van der Waals surface area contributed by atoms with E-state index in [0.29, 0.717) is 0 Å². The highest BCUT2D eigenvalue weighted by Crippen LogP contribution is 2.32. The van der Waals surface area contributed by atoms with Crippen molar-refractivity contribution in [3.8, 4) is 0 Å². The molecule has 0 bridgehead atoms. The van der Waals surface area contributed by atoms with Crippen LogP contribution in [0.2, 0.25) is 0 Å². The zero-order chi connectivity index (χ0) is 11.3.